The number of aromatic nitrogens is 1. The van der Waals surface area contributed by atoms with Gasteiger partial charge in [0.1, 0.15) is 4.64 Å². The van der Waals surface area contributed by atoms with Crippen molar-refractivity contribution >= 4 is 35.6 Å². The molecule has 1 fully saturated rings. The summed E-state index contributed by atoms with van der Waals surface area (Å²) in [6.45, 7) is 0. The van der Waals surface area contributed by atoms with Crippen LogP contribution in [0.15, 0.2) is 42.6 Å². The summed E-state index contributed by atoms with van der Waals surface area (Å²) in [4.78, 5) is 29.1. The van der Waals surface area contributed by atoms with Crippen LogP contribution in [0.25, 0.3) is 0 Å². The van der Waals surface area contributed by atoms with E-state index in [1.807, 2.05) is 12.1 Å². The number of benzene rings is 1. The minimum Gasteiger partial charge on any atom is -0.352 e. The Bertz CT molecular complexity index is 834. The zero-order valence-corrected chi connectivity index (χ0v) is 14.5. The number of carbonyl (C=O) groups is 2. The van der Waals surface area contributed by atoms with Crippen molar-refractivity contribution in [1.29, 1.82) is 0 Å². The number of pyridine rings is 1. The van der Waals surface area contributed by atoms with E-state index in [-0.39, 0.29) is 30.3 Å². The van der Waals surface area contributed by atoms with Crippen LogP contribution in [0.3, 0.4) is 0 Å². The molecule has 1 aliphatic heterocycles. The van der Waals surface area contributed by atoms with Gasteiger partial charge in [-0.2, -0.15) is 0 Å². The number of rotatable bonds is 3. The smallest absolute Gasteiger partial charge is 0.254 e. The molecule has 1 aliphatic rings. The highest BCUT2D eigenvalue weighted by Crippen LogP contribution is 2.32. The predicted octanol–water partition coefficient (Wildman–Crippen LogP) is 3.10. The number of aromatic amines is 1. The van der Waals surface area contributed by atoms with E-state index in [2.05, 4.69) is 10.3 Å². The lowest BCUT2D eigenvalue weighted by Gasteiger charge is -2.26. The summed E-state index contributed by atoms with van der Waals surface area (Å²) in [6.07, 6.45) is 1.92. The Balaban J connectivity index is 1.87. The van der Waals surface area contributed by atoms with Gasteiger partial charge in [0.15, 0.2) is 0 Å². The second-order valence-corrected chi connectivity index (χ2v) is 6.54. The Morgan fingerprint density at radius 2 is 2.04 bits per heavy atom. The van der Waals surface area contributed by atoms with Crippen molar-refractivity contribution in [1.82, 2.24) is 15.2 Å². The maximum Gasteiger partial charge on any atom is 0.254 e. The van der Waals surface area contributed by atoms with Gasteiger partial charge in [0, 0.05) is 24.7 Å². The molecule has 24 heavy (non-hydrogen) atoms. The van der Waals surface area contributed by atoms with Gasteiger partial charge in [-0.1, -0.05) is 36.0 Å². The molecule has 0 bridgehead atoms. The molecule has 0 spiro atoms. The standard InChI is InChI=1S/C17H16ClN3O2S/c1-21-14(22)9-13(15(21)10-4-6-11(18)7-5-10)20-16(23)12-3-2-8-19-17(12)24/h2-8,13,15H,9H2,1H3,(H,19,24)(H,20,23)/t13-,15-/m1/s1. The molecule has 2 amide bonds. The van der Waals surface area contributed by atoms with Crippen molar-refractivity contribution in [3.63, 3.8) is 0 Å². The highest BCUT2D eigenvalue weighted by Gasteiger charge is 2.39. The Morgan fingerprint density at radius 3 is 2.71 bits per heavy atom. The first-order valence-corrected chi connectivity index (χ1v) is 8.25. The molecule has 0 aliphatic carbocycles. The second-order valence-electron chi connectivity index (χ2n) is 5.70. The first-order chi connectivity index (χ1) is 11.5. The molecule has 1 saturated heterocycles. The van der Waals surface area contributed by atoms with Gasteiger partial charge in [-0.05, 0) is 29.8 Å². The maximum atomic E-state index is 12.5. The summed E-state index contributed by atoms with van der Waals surface area (Å²) in [5.74, 6) is -0.303. The van der Waals surface area contributed by atoms with E-state index in [4.69, 9.17) is 23.8 Å². The number of hydrogen-bond donors (Lipinski definition) is 2. The normalized spacial score (nSPS) is 20.2. The van der Waals surface area contributed by atoms with E-state index < -0.39 is 0 Å². The Kier molecular flexibility index (Phi) is 4.69. The van der Waals surface area contributed by atoms with E-state index in [1.54, 1.807) is 42.4 Å². The molecular formula is C17H16ClN3O2S. The molecule has 1 aromatic carbocycles. The molecule has 2 atom stereocenters. The molecule has 3 rings (SSSR count). The fourth-order valence-corrected chi connectivity index (χ4v) is 3.32. The number of nitrogens with zero attached hydrogens (tertiary/aromatic N) is 1. The van der Waals surface area contributed by atoms with Gasteiger partial charge in [-0.25, -0.2) is 0 Å². The summed E-state index contributed by atoms with van der Waals surface area (Å²) in [5.41, 5.74) is 1.32. The number of amides is 2. The molecule has 0 radical (unpaired) electrons. The largest absolute Gasteiger partial charge is 0.352 e. The van der Waals surface area contributed by atoms with Gasteiger partial charge in [0.2, 0.25) is 5.91 Å². The van der Waals surface area contributed by atoms with Crippen molar-refractivity contribution in [3.05, 3.63) is 63.4 Å². The number of halogens is 1. The molecule has 7 heteroatoms. The van der Waals surface area contributed by atoms with Crippen molar-refractivity contribution < 1.29 is 9.59 Å². The van der Waals surface area contributed by atoms with Crippen molar-refractivity contribution in [2.45, 2.75) is 18.5 Å². The van der Waals surface area contributed by atoms with Crippen LogP contribution in [0.1, 0.15) is 28.4 Å². The lowest BCUT2D eigenvalue weighted by Crippen LogP contribution is -2.39. The van der Waals surface area contributed by atoms with Crippen LogP contribution < -0.4 is 5.32 Å². The van der Waals surface area contributed by atoms with Gasteiger partial charge < -0.3 is 15.2 Å². The highest BCUT2D eigenvalue weighted by atomic mass is 35.5. The molecule has 2 aromatic rings. The van der Waals surface area contributed by atoms with Crippen LogP contribution in [0.2, 0.25) is 5.02 Å². The summed E-state index contributed by atoms with van der Waals surface area (Å²) in [7, 11) is 1.74. The van der Waals surface area contributed by atoms with E-state index in [0.29, 0.717) is 15.2 Å². The first kappa shape index (κ1) is 16.7. The van der Waals surface area contributed by atoms with E-state index in [1.165, 1.54) is 0 Å². The SMILES string of the molecule is CN1C(=O)C[C@@H](NC(=O)c2ccc[nH]c2=S)[C@H]1c1ccc(Cl)cc1. The summed E-state index contributed by atoms with van der Waals surface area (Å²) in [6, 6.07) is 10.1. The molecule has 2 heterocycles. The Hall–Kier alpha value is -2.18. The summed E-state index contributed by atoms with van der Waals surface area (Å²) in [5, 5.41) is 3.57. The zero-order valence-electron chi connectivity index (χ0n) is 13.0. The number of H-pyrrole nitrogens is 1. The van der Waals surface area contributed by atoms with Crippen LogP contribution >= 0.6 is 23.8 Å². The molecule has 0 unspecified atom stereocenters. The zero-order chi connectivity index (χ0) is 17.3. The van der Waals surface area contributed by atoms with Crippen LogP contribution in [0.5, 0.6) is 0 Å². The van der Waals surface area contributed by atoms with Crippen molar-refractivity contribution in [2.75, 3.05) is 7.05 Å². The van der Waals surface area contributed by atoms with Gasteiger partial charge in [-0.3, -0.25) is 9.59 Å². The predicted molar refractivity (Wildman–Crippen MR) is 94.5 cm³/mol. The van der Waals surface area contributed by atoms with Crippen molar-refractivity contribution in [2.24, 2.45) is 0 Å². The van der Waals surface area contributed by atoms with Crippen LogP contribution in [-0.2, 0) is 4.79 Å². The molecule has 124 valence electrons. The minimum atomic E-state index is -0.328. The lowest BCUT2D eigenvalue weighted by molar-refractivity contribution is -0.127. The number of carbonyl (C=O) groups excluding carboxylic acids is 2. The fourth-order valence-electron chi connectivity index (χ4n) is 2.96. The Labute approximate surface area is 149 Å². The van der Waals surface area contributed by atoms with Crippen molar-refractivity contribution in [3.8, 4) is 0 Å². The fraction of sp³-hybridized carbons (Fsp3) is 0.235. The van der Waals surface area contributed by atoms with E-state index in [9.17, 15) is 9.59 Å². The Morgan fingerprint density at radius 1 is 1.33 bits per heavy atom. The summed E-state index contributed by atoms with van der Waals surface area (Å²) >= 11 is 11.1. The molecule has 5 nitrogen and oxygen atoms in total. The maximum absolute atomic E-state index is 12.5. The number of likely N-dealkylation sites (N-methyl/N-ethyl adjacent to an activating group) is 1. The van der Waals surface area contributed by atoms with E-state index >= 15 is 0 Å². The third-order valence-corrected chi connectivity index (χ3v) is 4.77. The number of nitrogens with one attached hydrogen (secondary N) is 2. The average molecular weight is 362 g/mol. The molecule has 1 aromatic heterocycles. The third-order valence-electron chi connectivity index (χ3n) is 4.18. The highest BCUT2D eigenvalue weighted by molar-refractivity contribution is 7.71. The molecule has 0 saturated carbocycles. The quantitative estimate of drug-likeness (QED) is 0.825. The van der Waals surface area contributed by atoms with Crippen LogP contribution in [0.4, 0.5) is 0 Å². The summed E-state index contributed by atoms with van der Waals surface area (Å²) < 4.78 is 0.371. The van der Waals surface area contributed by atoms with Gasteiger partial charge in [0.25, 0.3) is 5.91 Å². The van der Waals surface area contributed by atoms with Gasteiger partial charge in [-0.15, -0.1) is 0 Å². The second kappa shape index (κ2) is 6.75. The third kappa shape index (κ3) is 3.20. The topological polar surface area (TPSA) is 65.2 Å². The van der Waals surface area contributed by atoms with E-state index in [0.717, 1.165) is 5.56 Å². The minimum absolute atomic E-state index is 0.0153. The number of likely N-dealkylation sites (tertiary alicyclic amines) is 1. The van der Waals surface area contributed by atoms with Crippen LogP contribution in [0, 0.1) is 4.64 Å². The first-order valence-electron chi connectivity index (χ1n) is 7.47. The van der Waals surface area contributed by atoms with Crippen LogP contribution in [-0.4, -0.2) is 34.8 Å². The average Bonchev–Trinajstić information content (AvgIpc) is 2.83. The lowest BCUT2D eigenvalue weighted by atomic mass is 10.00. The monoisotopic (exact) mass is 361 g/mol. The molecular weight excluding hydrogens is 346 g/mol. The molecule has 2 N–H and O–H groups in total. The number of hydrogen-bond acceptors (Lipinski definition) is 3. The van der Waals surface area contributed by atoms with Gasteiger partial charge in [0.05, 0.1) is 17.6 Å². The van der Waals surface area contributed by atoms with Gasteiger partial charge >= 0.3 is 0 Å².